The molecule has 0 aliphatic heterocycles. The quantitative estimate of drug-likeness (QED) is 0.744. The first-order valence-corrected chi connectivity index (χ1v) is 5.72. The second kappa shape index (κ2) is 5.88. The second-order valence-corrected chi connectivity index (χ2v) is 3.89. The van der Waals surface area contributed by atoms with E-state index in [1.807, 2.05) is 24.3 Å². The highest BCUT2D eigenvalue weighted by molar-refractivity contribution is 5.36. The van der Waals surface area contributed by atoms with Gasteiger partial charge in [0.25, 0.3) is 0 Å². The lowest BCUT2D eigenvalue weighted by Crippen LogP contribution is -2.01. The molecule has 0 aromatic heterocycles. The molecule has 0 aliphatic carbocycles. The molecule has 0 N–H and O–H groups in total. The van der Waals surface area contributed by atoms with E-state index < -0.39 is 0 Å². The fourth-order valence-electron chi connectivity index (χ4n) is 1.59. The molecule has 0 amide bonds. The Morgan fingerprint density at radius 3 is 2.28 bits per heavy atom. The molecule has 0 aliphatic rings. The number of halogens is 1. The van der Waals surface area contributed by atoms with E-state index in [0.29, 0.717) is 6.61 Å². The number of rotatable bonds is 4. The zero-order chi connectivity index (χ0) is 12.8. The topological polar surface area (TPSA) is 9.23 Å². The zero-order valence-corrected chi connectivity index (χ0v) is 9.90. The van der Waals surface area contributed by atoms with Crippen LogP contribution in [0.25, 0.3) is 0 Å². The lowest BCUT2D eigenvalue weighted by molar-refractivity contribution is 0.322. The largest absolute Gasteiger partial charge is 0.493 e. The zero-order valence-electron chi connectivity index (χ0n) is 9.90. The molecule has 0 radical (unpaired) electrons. The average Bonchev–Trinajstić information content (AvgIpc) is 2.42. The Morgan fingerprint density at radius 1 is 1.00 bits per heavy atom. The van der Waals surface area contributed by atoms with E-state index in [4.69, 9.17) is 11.2 Å². The Hall–Kier alpha value is -2.27. The van der Waals surface area contributed by atoms with Crippen LogP contribution in [0.15, 0.2) is 48.5 Å². The first-order valence-electron chi connectivity index (χ1n) is 5.72. The minimum absolute atomic E-state index is 0.218. The molecule has 0 saturated carbocycles. The number of hydrogen-bond donors (Lipinski definition) is 0. The first kappa shape index (κ1) is 12.2. The molecule has 0 atom stereocenters. The van der Waals surface area contributed by atoms with Gasteiger partial charge in [0.1, 0.15) is 11.6 Å². The van der Waals surface area contributed by atoms with Crippen LogP contribution in [0, 0.1) is 18.2 Å². The van der Waals surface area contributed by atoms with Crippen molar-refractivity contribution >= 4 is 0 Å². The summed E-state index contributed by atoms with van der Waals surface area (Å²) in [7, 11) is 0. The van der Waals surface area contributed by atoms with Gasteiger partial charge in [-0.3, -0.25) is 0 Å². The Kier molecular flexibility index (Phi) is 3.98. The molecule has 0 spiro atoms. The van der Waals surface area contributed by atoms with Gasteiger partial charge in [-0.25, -0.2) is 4.39 Å². The molecule has 0 heterocycles. The van der Waals surface area contributed by atoms with Crippen LogP contribution < -0.4 is 4.74 Å². The van der Waals surface area contributed by atoms with Crippen LogP contribution in [-0.2, 0) is 6.42 Å². The fourth-order valence-corrected chi connectivity index (χ4v) is 1.59. The molecule has 18 heavy (non-hydrogen) atoms. The molecule has 2 heteroatoms. The first-order chi connectivity index (χ1) is 8.78. The van der Waals surface area contributed by atoms with Gasteiger partial charge in [-0.15, -0.1) is 6.42 Å². The van der Waals surface area contributed by atoms with Gasteiger partial charge < -0.3 is 4.74 Å². The Balaban J connectivity index is 1.84. The molecule has 2 rings (SSSR count). The molecular formula is C16H13FO. The van der Waals surface area contributed by atoms with Gasteiger partial charge in [-0.1, -0.05) is 18.1 Å². The summed E-state index contributed by atoms with van der Waals surface area (Å²) < 4.78 is 18.3. The molecular weight excluding hydrogens is 227 g/mol. The van der Waals surface area contributed by atoms with E-state index in [-0.39, 0.29) is 5.82 Å². The summed E-state index contributed by atoms with van der Waals surface area (Å²) in [4.78, 5) is 0. The molecule has 90 valence electrons. The molecule has 0 unspecified atom stereocenters. The van der Waals surface area contributed by atoms with Crippen molar-refractivity contribution in [3.05, 3.63) is 65.5 Å². The summed E-state index contributed by atoms with van der Waals surface area (Å²) >= 11 is 0. The van der Waals surface area contributed by atoms with Crippen LogP contribution in [0.1, 0.15) is 11.1 Å². The maximum atomic E-state index is 12.7. The van der Waals surface area contributed by atoms with Crippen LogP contribution in [0.3, 0.4) is 0 Å². The summed E-state index contributed by atoms with van der Waals surface area (Å²) in [6.07, 6.45) is 6.01. The highest BCUT2D eigenvalue weighted by Crippen LogP contribution is 2.12. The monoisotopic (exact) mass is 240 g/mol. The van der Waals surface area contributed by atoms with Gasteiger partial charge in [0.15, 0.2) is 0 Å². The summed E-state index contributed by atoms with van der Waals surface area (Å²) in [5.74, 6) is 3.12. The highest BCUT2D eigenvalue weighted by atomic mass is 19.1. The van der Waals surface area contributed by atoms with Crippen LogP contribution in [0.5, 0.6) is 5.75 Å². The van der Waals surface area contributed by atoms with Crippen LogP contribution >= 0.6 is 0 Å². The fraction of sp³-hybridized carbons (Fsp3) is 0.125. The molecule has 2 aromatic carbocycles. The van der Waals surface area contributed by atoms with Gasteiger partial charge in [-0.2, -0.15) is 0 Å². The molecule has 0 bridgehead atoms. The Morgan fingerprint density at radius 2 is 1.67 bits per heavy atom. The van der Waals surface area contributed by atoms with Gasteiger partial charge in [0.2, 0.25) is 0 Å². The normalized spacial score (nSPS) is 9.78. The minimum atomic E-state index is -0.218. The van der Waals surface area contributed by atoms with Crippen molar-refractivity contribution in [2.75, 3.05) is 6.61 Å². The lowest BCUT2D eigenvalue weighted by atomic mass is 10.1. The molecule has 2 aromatic rings. The third kappa shape index (κ3) is 3.36. The maximum Gasteiger partial charge on any atom is 0.123 e. The predicted octanol–water partition coefficient (Wildman–Crippen LogP) is 3.43. The maximum absolute atomic E-state index is 12.7. The SMILES string of the molecule is C#Cc1ccc(OCCc2ccc(F)cc2)cc1. The van der Waals surface area contributed by atoms with Gasteiger partial charge in [0.05, 0.1) is 6.61 Å². The third-order valence-electron chi connectivity index (χ3n) is 2.59. The van der Waals surface area contributed by atoms with E-state index in [0.717, 1.165) is 23.3 Å². The van der Waals surface area contributed by atoms with Crippen LogP contribution in [-0.4, -0.2) is 6.61 Å². The number of benzene rings is 2. The smallest absolute Gasteiger partial charge is 0.123 e. The van der Waals surface area contributed by atoms with Crippen molar-refractivity contribution in [3.63, 3.8) is 0 Å². The molecule has 0 fully saturated rings. The van der Waals surface area contributed by atoms with E-state index in [9.17, 15) is 4.39 Å². The second-order valence-electron chi connectivity index (χ2n) is 3.89. The van der Waals surface area contributed by atoms with Gasteiger partial charge in [-0.05, 0) is 42.0 Å². The number of hydrogen-bond acceptors (Lipinski definition) is 1. The number of ether oxygens (including phenoxy) is 1. The molecule has 1 nitrogen and oxygen atoms in total. The Bertz CT molecular complexity index is 535. The number of terminal acetylenes is 1. The standard InChI is InChI=1S/C16H13FO/c1-2-13-5-9-16(10-6-13)18-12-11-14-3-7-15(17)8-4-14/h1,3-10H,11-12H2. The van der Waals surface area contributed by atoms with E-state index >= 15 is 0 Å². The minimum Gasteiger partial charge on any atom is -0.493 e. The van der Waals surface area contributed by atoms with Crippen LogP contribution in [0.4, 0.5) is 4.39 Å². The van der Waals surface area contributed by atoms with Crippen molar-refractivity contribution in [1.82, 2.24) is 0 Å². The highest BCUT2D eigenvalue weighted by Gasteiger charge is 1.96. The predicted molar refractivity (Wildman–Crippen MR) is 70.0 cm³/mol. The van der Waals surface area contributed by atoms with Crippen molar-refractivity contribution in [2.45, 2.75) is 6.42 Å². The average molecular weight is 240 g/mol. The van der Waals surface area contributed by atoms with Crippen molar-refractivity contribution in [2.24, 2.45) is 0 Å². The lowest BCUT2D eigenvalue weighted by Gasteiger charge is -2.06. The summed E-state index contributed by atoms with van der Waals surface area (Å²) in [6, 6.07) is 13.8. The molecule has 0 saturated heterocycles. The van der Waals surface area contributed by atoms with Crippen molar-refractivity contribution < 1.29 is 9.13 Å². The van der Waals surface area contributed by atoms with Crippen molar-refractivity contribution in [3.8, 4) is 18.1 Å². The van der Waals surface area contributed by atoms with E-state index in [1.54, 1.807) is 12.1 Å². The van der Waals surface area contributed by atoms with Gasteiger partial charge >= 0.3 is 0 Å². The summed E-state index contributed by atoms with van der Waals surface area (Å²) in [5.41, 5.74) is 1.89. The Labute approximate surface area is 106 Å². The van der Waals surface area contributed by atoms with Crippen molar-refractivity contribution in [1.29, 1.82) is 0 Å². The summed E-state index contributed by atoms with van der Waals surface area (Å²) in [5, 5.41) is 0. The van der Waals surface area contributed by atoms with E-state index in [2.05, 4.69) is 5.92 Å². The van der Waals surface area contributed by atoms with E-state index in [1.165, 1.54) is 12.1 Å². The summed E-state index contributed by atoms with van der Waals surface area (Å²) in [6.45, 7) is 0.557. The van der Waals surface area contributed by atoms with Crippen LogP contribution in [0.2, 0.25) is 0 Å². The third-order valence-corrected chi connectivity index (χ3v) is 2.59. The van der Waals surface area contributed by atoms with Gasteiger partial charge in [0, 0.05) is 12.0 Å².